The number of anilines is 1. The van der Waals surface area contributed by atoms with Crippen LogP contribution in [0.2, 0.25) is 0 Å². The molecule has 0 spiro atoms. The number of ether oxygens (including phenoxy) is 1. The topological polar surface area (TPSA) is 395 Å². The van der Waals surface area contributed by atoms with E-state index in [-0.39, 0.29) is 48.2 Å². The Balaban J connectivity index is 1.50. The number of aliphatic hydroxyl groups excluding tert-OH is 3. The lowest BCUT2D eigenvalue weighted by Crippen LogP contribution is -2.46. The standard InChI is InChI=1S/C26H44N7O18P3S/c1-13(2)17(35)25(39)55-8-7-28-15(34)5-6-29-23(38)20(37)26(3,4)10-48-54(45,46)51-53(43,44)47-9-14-19(50-52(40,41)42)18(36)24(49-14)33-12-32-16-21(27)30-11-31-22(16)33/h11-14,17-20,24,35-37H,5-10H2,1-4H3,(H,28,34)(H,29,38)(H,43,44)(H,45,46)(H2,27,30,31)(H2,40,41,42)/p-4. The van der Waals surface area contributed by atoms with Crippen molar-refractivity contribution in [3.63, 3.8) is 0 Å². The van der Waals surface area contributed by atoms with Crippen molar-refractivity contribution in [3.8, 4) is 0 Å². The fourth-order valence-electron chi connectivity index (χ4n) is 4.62. The minimum absolute atomic E-state index is 0.0266. The minimum atomic E-state index is -5.92. The molecule has 3 heterocycles. The van der Waals surface area contributed by atoms with E-state index in [0.717, 1.165) is 29.0 Å². The number of aliphatic hydroxyl groups is 3. The summed E-state index contributed by atoms with van der Waals surface area (Å²) in [5.74, 6) is -1.71. The van der Waals surface area contributed by atoms with Crippen LogP contribution in [0.1, 0.15) is 40.3 Å². The fourth-order valence-corrected chi connectivity index (χ4v) is 8.20. The van der Waals surface area contributed by atoms with Crippen LogP contribution in [0.3, 0.4) is 0 Å². The predicted octanol–water partition coefficient (Wildman–Crippen LogP) is -3.85. The molecule has 8 atom stereocenters. The first-order valence-corrected chi connectivity index (χ1v) is 21.4. The summed E-state index contributed by atoms with van der Waals surface area (Å²) in [6.07, 6.45) is -8.82. The maximum Gasteiger partial charge on any atom is 0.274 e. The molecule has 8 unspecified atom stereocenters. The number of amides is 2. The van der Waals surface area contributed by atoms with Gasteiger partial charge in [-0.1, -0.05) is 39.5 Å². The van der Waals surface area contributed by atoms with Gasteiger partial charge in [-0.05, 0) is 5.92 Å². The third-order valence-corrected chi connectivity index (χ3v) is 11.5. The molecule has 0 bridgehead atoms. The number of rotatable bonds is 21. The van der Waals surface area contributed by atoms with E-state index in [1.165, 1.54) is 13.8 Å². The molecule has 1 aliphatic rings. The number of hydrogen-bond donors (Lipinski definition) is 6. The molecule has 55 heavy (non-hydrogen) atoms. The summed E-state index contributed by atoms with van der Waals surface area (Å²) >= 11 is 0.845. The van der Waals surface area contributed by atoms with Gasteiger partial charge in [0.2, 0.25) is 16.9 Å². The molecule has 0 radical (unpaired) electrons. The molecule has 3 rings (SSSR count). The van der Waals surface area contributed by atoms with Crippen molar-refractivity contribution in [2.24, 2.45) is 11.3 Å². The van der Waals surface area contributed by atoms with E-state index >= 15 is 0 Å². The highest BCUT2D eigenvalue weighted by atomic mass is 32.2. The van der Waals surface area contributed by atoms with E-state index in [1.807, 2.05) is 0 Å². The largest absolute Gasteiger partial charge is 0.790 e. The number of nitrogens with two attached hydrogens (primary N) is 1. The Bertz CT molecular complexity index is 1810. The van der Waals surface area contributed by atoms with Crippen LogP contribution in [0.15, 0.2) is 12.7 Å². The second-order valence-electron chi connectivity index (χ2n) is 12.8. The first-order chi connectivity index (χ1) is 25.3. The summed E-state index contributed by atoms with van der Waals surface area (Å²) in [5, 5.41) is 35.3. The Morgan fingerprint density at radius 2 is 1.71 bits per heavy atom. The van der Waals surface area contributed by atoms with Gasteiger partial charge in [0.05, 0.1) is 27.4 Å². The third-order valence-electron chi connectivity index (χ3n) is 7.59. The summed E-state index contributed by atoms with van der Waals surface area (Å²) < 4.78 is 60.4. The maximum absolute atomic E-state index is 12.5. The van der Waals surface area contributed by atoms with Gasteiger partial charge in [0.15, 0.2) is 17.7 Å². The van der Waals surface area contributed by atoms with Crippen LogP contribution >= 0.6 is 35.2 Å². The van der Waals surface area contributed by atoms with Gasteiger partial charge in [0.1, 0.15) is 42.4 Å². The van der Waals surface area contributed by atoms with E-state index in [9.17, 15) is 63.0 Å². The Hall–Kier alpha value is -2.48. The zero-order chi connectivity index (χ0) is 41.5. The average Bonchev–Trinajstić information content (AvgIpc) is 3.64. The molecule has 1 saturated heterocycles. The van der Waals surface area contributed by atoms with Crippen molar-refractivity contribution in [1.82, 2.24) is 30.2 Å². The van der Waals surface area contributed by atoms with Crippen molar-refractivity contribution < 1.29 is 85.6 Å². The van der Waals surface area contributed by atoms with Crippen LogP contribution in [-0.4, -0.2) is 114 Å². The van der Waals surface area contributed by atoms with Gasteiger partial charge in [-0.2, -0.15) is 0 Å². The molecule has 2 aromatic rings. The molecular weight excluding hydrogens is 823 g/mol. The van der Waals surface area contributed by atoms with Crippen molar-refractivity contribution in [3.05, 3.63) is 12.7 Å². The van der Waals surface area contributed by atoms with E-state index in [2.05, 4.69) is 43.5 Å². The smallest absolute Gasteiger partial charge is 0.274 e. The zero-order valence-electron chi connectivity index (χ0n) is 29.5. The van der Waals surface area contributed by atoms with Crippen LogP contribution in [-0.2, 0) is 50.7 Å². The van der Waals surface area contributed by atoms with Crippen LogP contribution in [0.5, 0.6) is 0 Å². The number of fused-ring (bicyclic) bond motifs is 1. The highest BCUT2D eigenvalue weighted by molar-refractivity contribution is 8.13. The normalized spacial score (nSPS) is 22.5. The van der Waals surface area contributed by atoms with Crippen LogP contribution in [0.25, 0.3) is 11.2 Å². The number of nitrogens with one attached hydrogen (secondary N) is 2. The number of aromatic nitrogens is 4. The van der Waals surface area contributed by atoms with Gasteiger partial charge in [-0.15, -0.1) is 0 Å². The molecule has 25 nitrogen and oxygen atoms in total. The highest BCUT2D eigenvalue weighted by Gasteiger charge is 2.47. The van der Waals surface area contributed by atoms with Gasteiger partial charge in [-0.25, -0.2) is 19.3 Å². The molecule has 2 amide bonds. The maximum atomic E-state index is 12.5. The lowest BCUT2D eigenvalue weighted by molar-refractivity contribution is -0.347. The molecule has 7 N–H and O–H groups in total. The lowest BCUT2D eigenvalue weighted by Gasteiger charge is -2.36. The predicted molar refractivity (Wildman–Crippen MR) is 179 cm³/mol. The van der Waals surface area contributed by atoms with E-state index in [0.29, 0.717) is 0 Å². The third kappa shape index (κ3) is 13.8. The summed E-state index contributed by atoms with van der Waals surface area (Å²) in [7, 11) is -17.6. The summed E-state index contributed by atoms with van der Waals surface area (Å²) in [6.45, 7) is 3.26. The minimum Gasteiger partial charge on any atom is -0.790 e. The molecule has 2 aromatic heterocycles. The van der Waals surface area contributed by atoms with Crippen LogP contribution in [0.4, 0.5) is 5.82 Å². The Morgan fingerprint density at radius 3 is 2.35 bits per heavy atom. The summed E-state index contributed by atoms with van der Waals surface area (Å²) in [6, 6.07) is 0. The molecule has 1 fully saturated rings. The van der Waals surface area contributed by atoms with Crippen LogP contribution in [0, 0.1) is 11.3 Å². The van der Waals surface area contributed by atoms with Crippen molar-refractivity contribution >= 4 is 69.1 Å². The lowest BCUT2D eigenvalue weighted by atomic mass is 9.87. The number of imidazole rings is 1. The molecule has 0 aromatic carbocycles. The Kier molecular flexibility index (Phi) is 16.5. The first-order valence-electron chi connectivity index (χ1n) is 16.0. The number of hydrogen-bond acceptors (Lipinski definition) is 23. The monoisotopic (exact) mass is 863 g/mol. The molecule has 0 saturated carbocycles. The molecule has 29 heteroatoms. The van der Waals surface area contributed by atoms with Gasteiger partial charge >= 0.3 is 0 Å². The fraction of sp³-hybridized carbons (Fsp3) is 0.692. The number of nitrogens with zero attached hydrogens (tertiary/aromatic N) is 4. The zero-order valence-corrected chi connectivity index (χ0v) is 33.0. The van der Waals surface area contributed by atoms with Crippen molar-refractivity contribution in [1.29, 1.82) is 0 Å². The molecule has 1 aliphatic heterocycles. The van der Waals surface area contributed by atoms with Crippen LogP contribution < -0.4 is 35.9 Å². The van der Waals surface area contributed by atoms with E-state index in [1.54, 1.807) is 13.8 Å². The van der Waals surface area contributed by atoms with Gasteiger partial charge in [0, 0.05) is 30.7 Å². The number of carbonyl (C=O) groups is 3. The number of nitrogen functional groups attached to an aromatic ring is 1. The average molecular weight is 864 g/mol. The number of phosphoric acid groups is 3. The van der Waals surface area contributed by atoms with E-state index in [4.69, 9.17) is 10.5 Å². The van der Waals surface area contributed by atoms with Gasteiger partial charge in [0.25, 0.3) is 15.6 Å². The summed E-state index contributed by atoms with van der Waals surface area (Å²) in [4.78, 5) is 95.6. The Morgan fingerprint density at radius 1 is 1.05 bits per heavy atom. The second kappa shape index (κ2) is 19.3. The van der Waals surface area contributed by atoms with E-state index < -0.39 is 95.8 Å². The van der Waals surface area contributed by atoms with Gasteiger partial charge in [-0.3, -0.25) is 28.1 Å². The molecule has 0 aliphatic carbocycles. The summed E-state index contributed by atoms with van der Waals surface area (Å²) in [5.41, 5.74) is 4.03. The first kappa shape index (κ1) is 46.9. The SMILES string of the molecule is CC(C)C(O)C(=O)SCCNC(=O)CCNC(=O)C(O)C(C)(C)COP(=O)([O-])OP(=O)([O-])OCC1OC(n2cnc3c(N)ncnc32)C(O)C1OP(=O)([O-])[O-]. The molecular formula is C26H40N7O18P3S-4. The second-order valence-corrected chi connectivity index (χ2v) is 18.0. The van der Waals surface area contributed by atoms with Gasteiger partial charge < -0.3 is 74.1 Å². The number of carbonyl (C=O) groups excluding carboxylic acids is 3. The van der Waals surface area contributed by atoms with Crippen molar-refractivity contribution in [2.75, 3.05) is 37.8 Å². The molecule has 312 valence electrons. The Labute approximate surface area is 317 Å². The number of phosphoric ester groups is 3. The highest BCUT2D eigenvalue weighted by Crippen LogP contribution is 2.56. The quantitative estimate of drug-likeness (QED) is 0.0517. The number of thioether (sulfide) groups is 1. The van der Waals surface area contributed by atoms with Crippen molar-refractivity contribution in [2.45, 2.75) is 70.9 Å².